The summed E-state index contributed by atoms with van der Waals surface area (Å²) < 4.78 is 43.3. The summed E-state index contributed by atoms with van der Waals surface area (Å²) >= 11 is 0. The number of hydrogen-bond acceptors (Lipinski definition) is 1. The molecule has 0 N–H and O–H groups in total. The molecule has 1 aromatic rings. The van der Waals surface area contributed by atoms with Gasteiger partial charge in [-0.1, -0.05) is 32.1 Å². The molecule has 0 heterocycles. The second-order valence-electron chi connectivity index (χ2n) is 3.65. The predicted molar refractivity (Wildman–Crippen MR) is 61.9 cm³/mol. The molecule has 17 heavy (non-hydrogen) atoms. The van der Waals surface area contributed by atoms with E-state index in [9.17, 15) is 13.2 Å². The highest BCUT2D eigenvalue weighted by Crippen LogP contribution is 2.34. The minimum atomic E-state index is -4.38. The van der Waals surface area contributed by atoms with Gasteiger partial charge >= 0.3 is 6.18 Å². The SMILES string of the molecule is C=Cc1ccc(OCCCC)cc1C(F)(F)F. The Labute approximate surface area is 98.9 Å². The van der Waals surface area contributed by atoms with Crippen LogP contribution < -0.4 is 4.74 Å². The molecule has 0 unspecified atom stereocenters. The highest BCUT2D eigenvalue weighted by Gasteiger charge is 2.33. The third-order valence-corrected chi connectivity index (χ3v) is 2.32. The normalized spacial score (nSPS) is 11.3. The number of ether oxygens (including phenoxy) is 1. The Balaban J connectivity index is 2.93. The maximum absolute atomic E-state index is 12.7. The Morgan fingerprint density at radius 1 is 1.35 bits per heavy atom. The van der Waals surface area contributed by atoms with Crippen molar-refractivity contribution >= 4 is 6.08 Å². The van der Waals surface area contributed by atoms with Gasteiger partial charge in [-0.15, -0.1) is 0 Å². The molecule has 4 heteroatoms. The third-order valence-electron chi connectivity index (χ3n) is 2.32. The summed E-state index contributed by atoms with van der Waals surface area (Å²) in [5, 5.41) is 0. The molecule has 0 fully saturated rings. The lowest BCUT2D eigenvalue weighted by molar-refractivity contribution is -0.137. The van der Waals surface area contributed by atoms with Crippen LogP contribution in [-0.2, 0) is 6.18 Å². The molecule has 0 aliphatic rings. The molecule has 0 aliphatic heterocycles. The zero-order valence-corrected chi connectivity index (χ0v) is 9.68. The zero-order valence-electron chi connectivity index (χ0n) is 9.68. The lowest BCUT2D eigenvalue weighted by atomic mass is 10.1. The molecule has 0 aliphatic carbocycles. The van der Waals surface area contributed by atoms with E-state index in [1.165, 1.54) is 18.2 Å². The molecule has 94 valence electrons. The Bertz CT molecular complexity index is 383. The predicted octanol–water partition coefficient (Wildman–Crippen LogP) is 4.53. The summed E-state index contributed by atoms with van der Waals surface area (Å²) in [5.41, 5.74) is -0.637. The molecule has 1 nitrogen and oxygen atoms in total. The summed E-state index contributed by atoms with van der Waals surface area (Å²) in [6.07, 6.45) is -1.42. The first kappa shape index (κ1) is 13.6. The number of rotatable bonds is 5. The quantitative estimate of drug-likeness (QED) is 0.691. The topological polar surface area (TPSA) is 9.23 Å². The molecular weight excluding hydrogens is 229 g/mol. The smallest absolute Gasteiger partial charge is 0.417 e. The number of halogens is 3. The van der Waals surface area contributed by atoms with Crippen LogP contribution in [0.25, 0.3) is 6.08 Å². The summed E-state index contributed by atoms with van der Waals surface area (Å²) in [6.45, 7) is 5.79. The molecule has 0 spiro atoms. The fourth-order valence-corrected chi connectivity index (χ4v) is 1.38. The molecular formula is C13H15F3O. The van der Waals surface area contributed by atoms with Crippen molar-refractivity contribution in [3.8, 4) is 5.75 Å². The van der Waals surface area contributed by atoms with E-state index in [4.69, 9.17) is 4.74 Å². The number of alkyl halides is 3. The monoisotopic (exact) mass is 244 g/mol. The van der Waals surface area contributed by atoms with E-state index >= 15 is 0 Å². The van der Waals surface area contributed by atoms with E-state index in [1.54, 1.807) is 0 Å². The first-order chi connectivity index (χ1) is 7.99. The van der Waals surface area contributed by atoms with Gasteiger partial charge in [0.1, 0.15) is 5.75 Å². The van der Waals surface area contributed by atoms with Crippen LogP contribution in [-0.4, -0.2) is 6.61 Å². The summed E-state index contributed by atoms with van der Waals surface area (Å²) in [7, 11) is 0. The lowest BCUT2D eigenvalue weighted by Gasteiger charge is -2.13. The van der Waals surface area contributed by atoms with Crippen LogP contribution >= 0.6 is 0 Å². The molecule has 1 rings (SSSR count). The maximum Gasteiger partial charge on any atom is 0.417 e. The highest BCUT2D eigenvalue weighted by atomic mass is 19.4. The number of hydrogen-bond donors (Lipinski definition) is 0. The van der Waals surface area contributed by atoms with Crippen LogP contribution in [0.4, 0.5) is 13.2 Å². The molecule has 0 saturated heterocycles. The van der Waals surface area contributed by atoms with Crippen molar-refractivity contribution in [2.75, 3.05) is 6.61 Å². The van der Waals surface area contributed by atoms with E-state index in [1.807, 2.05) is 6.92 Å². The zero-order chi connectivity index (χ0) is 12.9. The van der Waals surface area contributed by atoms with E-state index in [0.717, 1.165) is 18.9 Å². The van der Waals surface area contributed by atoms with Crippen LogP contribution in [0.1, 0.15) is 30.9 Å². The van der Waals surface area contributed by atoms with Crippen molar-refractivity contribution in [1.29, 1.82) is 0 Å². The summed E-state index contributed by atoms with van der Waals surface area (Å²) in [5.74, 6) is 0.247. The molecule has 0 atom stereocenters. The van der Waals surface area contributed by atoms with Gasteiger partial charge in [0.25, 0.3) is 0 Å². The van der Waals surface area contributed by atoms with Crippen molar-refractivity contribution in [2.45, 2.75) is 25.9 Å². The average molecular weight is 244 g/mol. The third kappa shape index (κ3) is 3.80. The second-order valence-corrected chi connectivity index (χ2v) is 3.65. The standard InChI is InChI=1S/C13H15F3O/c1-3-5-8-17-11-7-6-10(4-2)12(9-11)13(14,15)16/h4,6-7,9H,2-3,5,8H2,1H3. The fraction of sp³-hybridized carbons (Fsp3) is 0.385. The molecule has 0 bridgehead atoms. The number of unbranched alkanes of at least 4 members (excludes halogenated alkanes) is 1. The molecule has 0 saturated carbocycles. The van der Waals surface area contributed by atoms with Gasteiger partial charge in [-0.05, 0) is 24.1 Å². The van der Waals surface area contributed by atoms with Gasteiger partial charge in [-0.3, -0.25) is 0 Å². The second kappa shape index (κ2) is 5.75. The summed E-state index contributed by atoms with van der Waals surface area (Å²) in [4.78, 5) is 0. The molecule has 0 aromatic heterocycles. The minimum Gasteiger partial charge on any atom is -0.494 e. The fourth-order valence-electron chi connectivity index (χ4n) is 1.38. The van der Waals surface area contributed by atoms with Gasteiger partial charge in [-0.25, -0.2) is 0 Å². The Hall–Kier alpha value is -1.45. The first-order valence-corrected chi connectivity index (χ1v) is 5.45. The largest absolute Gasteiger partial charge is 0.494 e. The van der Waals surface area contributed by atoms with Gasteiger partial charge in [0.2, 0.25) is 0 Å². The Morgan fingerprint density at radius 2 is 2.06 bits per heavy atom. The maximum atomic E-state index is 12.7. The van der Waals surface area contributed by atoms with Crippen molar-refractivity contribution < 1.29 is 17.9 Å². The molecule has 0 amide bonds. The summed E-state index contributed by atoms with van der Waals surface area (Å²) in [6, 6.07) is 3.92. The first-order valence-electron chi connectivity index (χ1n) is 5.45. The van der Waals surface area contributed by atoms with Crippen molar-refractivity contribution in [3.05, 3.63) is 35.9 Å². The van der Waals surface area contributed by atoms with E-state index in [-0.39, 0.29) is 11.3 Å². The van der Waals surface area contributed by atoms with Crippen LogP contribution in [0.15, 0.2) is 24.8 Å². The number of benzene rings is 1. The molecule has 1 aromatic carbocycles. The Morgan fingerprint density at radius 3 is 2.59 bits per heavy atom. The van der Waals surface area contributed by atoms with Crippen molar-refractivity contribution in [1.82, 2.24) is 0 Å². The van der Waals surface area contributed by atoms with E-state index in [2.05, 4.69) is 6.58 Å². The van der Waals surface area contributed by atoms with E-state index in [0.29, 0.717) is 6.61 Å². The van der Waals surface area contributed by atoms with Crippen LogP contribution in [0.5, 0.6) is 5.75 Å². The van der Waals surface area contributed by atoms with Gasteiger partial charge < -0.3 is 4.74 Å². The van der Waals surface area contributed by atoms with E-state index < -0.39 is 11.7 Å². The van der Waals surface area contributed by atoms with Crippen molar-refractivity contribution in [3.63, 3.8) is 0 Å². The van der Waals surface area contributed by atoms with Gasteiger partial charge in [0, 0.05) is 0 Å². The minimum absolute atomic E-state index is 0.0698. The Kier molecular flexibility index (Phi) is 4.61. The van der Waals surface area contributed by atoms with Crippen LogP contribution in [0.2, 0.25) is 0 Å². The highest BCUT2D eigenvalue weighted by molar-refractivity contribution is 5.55. The van der Waals surface area contributed by atoms with Gasteiger partial charge in [0.15, 0.2) is 0 Å². The lowest BCUT2D eigenvalue weighted by Crippen LogP contribution is -2.08. The van der Waals surface area contributed by atoms with Crippen LogP contribution in [0.3, 0.4) is 0 Å². The molecule has 0 radical (unpaired) electrons. The van der Waals surface area contributed by atoms with Gasteiger partial charge in [0.05, 0.1) is 12.2 Å². The van der Waals surface area contributed by atoms with Gasteiger partial charge in [-0.2, -0.15) is 13.2 Å². The average Bonchev–Trinajstić information content (AvgIpc) is 2.28. The van der Waals surface area contributed by atoms with Crippen LogP contribution in [0, 0.1) is 0 Å². The van der Waals surface area contributed by atoms with Crippen molar-refractivity contribution in [2.24, 2.45) is 0 Å².